The van der Waals surface area contributed by atoms with Crippen LogP contribution in [0.2, 0.25) is 0 Å². The van der Waals surface area contributed by atoms with E-state index in [0.29, 0.717) is 17.1 Å². The lowest BCUT2D eigenvalue weighted by molar-refractivity contribution is 0.104. The van der Waals surface area contributed by atoms with Crippen LogP contribution in [0.15, 0.2) is 60.7 Å². The third kappa shape index (κ3) is 5.46. The highest BCUT2D eigenvalue weighted by atomic mass is 16.5. The number of allylic oxidation sites excluding steroid dienone is 1. The van der Waals surface area contributed by atoms with Crippen LogP contribution in [0.5, 0.6) is 17.2 Å². The minimum atomic E-state index is -0.0592. The van der Waals surface area contributed by atoms with E-state index in [0.717, 1.165) is 33.6 Å². The minimum Gasteiger partial charge on any atom is -0.497 e. The molecular formula is C28H28O4. The molecule has 0 aliphatic rings. The maximum absolute atomic E-state index is 12.8. The van der Waals surface area contributed by atoms with Crippen LogP contribution >= 0.6 is 0 Å². The minimum absolute atomic E-state index is 0.0592. The molecule has 0 aliphatic heterocycles. The van der Waals surface area contributed by atoms with E-state index in [1.807, 2.05) is 80.6 Å². The zero-order valence-corrected chi connectivity index (χ0v) is 19.1. The number of ketones is 1. The summed E-state index contributed by atoms with van der Waals surface area (Å²) in [6.07, 6.45) is 7.35. The number of rotatable bonds is 8. The maximum Gasteiger partial charge on any atom is 0.185 e. The highest BCUT2D eigenvalue weighted by Gasteiger charge is 2.10. The Bertz CT molecular complexity index is 1150. The van der Waals surface area contributed by atoms with Crippen LogP contribution in [-0.2, 0) is 0 Å². The lowest BCUT2D eigenvalue weighted by atomic mass is 10.0. The van der Waals surface area contributed by atoms with E-state index in [2.05, 4.69) is 0 Å². The molecule has 3 rings (SSSR count). The predicted octanol–water partition coefficient (Wildman–Crippen LogP) is 6.40. The summed E-state index contributed by atoms with van der Waals surface area (Å²) in [6, 6.07) is 17.2. The molecule has 0 saturated carbocycles. The number of hydrogen-bond donors (Lipinski definition) is 0. The van der Waals surface area contributed by atoms with Gasteiger partial charge < -0.3 is 14.2 Å². The quantitative estimate of drug-likeness (QED) is 0.237. The van der Waals surface area contributed by atoms with Gasteiger partial charge in [0.15, 0.2) is 5.78 Å². The van der Waals surface area contributed by atoms with Gasteiger partial charge in [0, 0.05) is 17.2 Å². The lowest BCUT2D eigenvalue weighted by Gasteiger charge is -2.12. The number of ether oxygens (including phenoxy) is 3. The Morgan fingerprint density at radius 3 is 2.06 bits per heavy atom. The van der Waals surface area contributed by atoms with Gasteiger partial charge in [-0.1, -0.05) is 36.4 Å². The Kier molecular flexibility index (Phi) is 7.50. The molecule has 0 spiro atoms. The number of carbonyl (C=O) groups excluding carboxylic acids is 1. The fourth-order valence-electron chi connectivity index (χ4n) is 3.28. The summed E-state index contributed by atoms with van der Waals surface area (Å²) in [7, 11) is 4.87. The van der Waals surface area contributed by atoms with Crippen LogP contribution in [0, 0.1) is 13.8 Å². The van der Waals surface area contributed by atoms with Crippen molar-refractivity contribution in [2.45, 2.75) is 13.8 Å². The van der Waals surface area contributed by atoms with E-state index in [9.17, 15) is 4.79 Å². The van der Waals surface area contributed by atoms with E-state index in [1.54, 1.807) is 33.5 Å². The van der Waals surface area contributed by atoms with Crippen LogP contribution in [0.1, 0.15) is 38.2 Å². The molecule has 32 heavy (non-hydrogen) atoms. The van der Waals surface area contributed by atoms with Crippen molar-refractivity contribution in [1.29, 1.82) is 0 Å². The van der Waals surface area contributed by atoms with Crippen molar-refractivity contribution in [3.05, 3.63) is 94.1 Å². The second-order valence-corrected chi connectivity index (χ2v) is 7.44. The van der Waals surface area contributed by atoms with Crippen molar-refractivity contribution in [2.24, 2.45) is 0 Å². The highest BCUT2D eigenvalue weighted by molar-refractivity contribution is 6.07. The summed E-state index contributed by atoms with van der Waals surface area (Å²) >= 11 is 0. The molecule has 164 valence electrons. The van der Waals surface area contributed by atoms with Gasteiger partial charge >= 0.3 is 0 Å². The van der Waals surface area contributed by atoms with E-state index in [-0.39, 0.29) is 5.78 Å². The lowest BCUT2D eigenvalue weighted by Crippen LogP contribution is -1.97. The first kappa shape index (κ1) is 22.9. The molecule has 0 aromatic heterocycles. The van der Waals surface area contributed by atoms with Gasteiger partial charge in [0.25, 0.3) is 0 Å². The van der Waals surface area contributed by atoms with Crippen LogP contribution in [0.3, 0.4) is 0 Å². The molecule has 0 N–H and O–H groups in total. The van der Waals surface area contributed by atoms with Crippen molar-refractivity contribution >= 4 is 24.0 Å². The van der Waals surface area contributed by atoms with Gasteiger partial charge in [-0.3, -0.25) is 4.79 Å². The second-order valence-electron chi connectivity index (χ2n) is 7.44. The third-order valence-electron chi connectivity index (χ3n) is 5.37. The van der Waals surface area contributed by atoms with Crippen molar-refractivity contribution < 1.29 is 19.0 Å². The molecule has 4 heteroatoms. The fourth-order valence-corrected chi connectivity index (χ4v) is 3.28. The van der Waals surface area contributed by atoms with Gasteiger partial charge in [-0.05, 0) is 72.5 Å². The van der Waals surface area contributed by atoms with E-state index in [1.165, 1.54) is 0 Å². The molecule has 0 unspecified atom stereocenters. The zero-order valence-electron chi connectivity index (χ0n) is 19.1. The maximum atomic E-state index is 12.8. The van der Waals surface area contributed by atoms with Crippen molar-refractivity contribution in [3.8, 4) is 17.2 Å². The number of aryl methyl sites for hydroxylation is 2. The number of carbonyl (C=O) groups is 1. The molecule has 0 aliphatic carbocycles. The average molecular weight is 429 g/mol. The molecule has 3 aromatic rings. The average Bonchev–Trinajstić information content (AvgIpc) is 2.82. The highest BCUT2D eigenvalue weighted by Crippen LogP contribution is 2.31. The summed E-state index contributed by atoms with van der Waals surface area (Å²) in [5, 5.41) is 0. The molecule has 0 fully saturated rings. The Morgan fingerprint density at radius 2 is 1.44 bits per heavy atom. The van der Waals surface area contributed by atoms with Gasteiger partial charge in [0.1, 0.15) is 17.2 Å². The van der Waals surface area contributed by atoms with Crippen LogP contribution in [-0.4, -0.2) is 27.1 Å². The molecule has 0 bridgehead atoms. The molecule has 0 saturated heterocycles. The first-order chi connectivity index (χ1) is 15.4. The number of methoxy groups -OCH3 is 3. The fraction of sp³-hybridized carbons (Fsp3) is 0.179. The van der Waals surface area contributed by atoms with Gasteiger partial charge in [0.2, 0.25) is 0 Å². The Labute approximate surface area is 189 Å². The third-order valence-corrected chi connectivity index (χ3v) is 5.37. The molecule has 4 nitrogen and oxygen atoms in total. The van der Waals surface area contributed by atoms with Gasteiger partial charge in [-0.15, -0.1) is 0 Å². The van der Waals surface area contributed by atoms with Crippen LogP contribution < -0.4 is 14.2 Å². The zero-order chi connectivity index (χ0) is 23.1. The Balaban J connectivity index is 1.97. The molecule has 0 radical (unpaired) electrons. The first-order valence-corrected chi connectivity index (χ1v) is 10.3. The first-order valence-electron chi connectivity index (χ1n) is 10.3. The molecule has 0 heterocycles. The molecule has 0 amide bonds. The van der Waals surface area contributed by atoms with Crippen molar-refractivity contribution in [2.75, 3.05) is 21.3 Å². The Hall–Kier alpha value is -3.79. The predicted molar refractivity (Wildman–Crippen MR) is 131 cm³/mol. The topological polar surface area (TPSA) is 44.8 Å². The Morgan fingerprint density at radius 1 is 0.719 bits per heavy atom. The smallest absolute Gasteiger partial charge is 0.185 e. The second kappa shape index (κ2) is 10.5. The van der Waals surface area contributed by atoms with E-state index >= 15 is 0 Å². The molecule has 0 atom stereocenters. The van der Waals surface area contributed by atoms with E-state index in [4.69, 9.17) is 14.2 Å². The molecule has 3 aromatic carbocycles. The van der Waals surface area contributed by atoms with Gasteiger partial charge in [-0.2, -0.15) is 0 Å². The van der Waals surface area contributed by atoms with Crippen LogP contribution in [0.25, 0.3) is 18.2 Å². The SMILES string of the molecule is COc1ccc(/C=C/c2cc(OC)cc(OC)c2/C=C/C(=O)c2ccc(C)c(C)c2)cc1. The largest absolute Gasteiger partial charge is 0.497 e. The number of hydrogen-bond acceptors (Lipinski definition) is 4. The summed E-state index contributed by atoms with van der Waals surface area (Å²) in [5.41, 5.74) is 5.61. The van der Waals surface area contributed by atoms with Crippen LogP contribution in [0.4, 0.5) is 0 Å². The normalized spacial score (nSPS) is 11.2. The van der Waals surface area contributed by atoms with Crippen molar-refractivity contribution in [3.63, 3.8) is 0 Å². The number of benzene rings is 3. The van der Waals surface area contributed by atoms with E-state index < -0.39 is 0 Å². The summed E-state index contributed by atoms with van der Waals surface area (Å²) < 4.78 is 16.2. The standard InChI is InChI=1S/C28H28O4/c1-19-6-10-23(16-20(19)2)27(29)15-14-26-22(17-25(31-4)18-28(26)32-5)11-7-21-8-12-24(30-3)13-9-21/h6-18H,1-5H3/b11-7+,15-14+. The summed E-state index contributed by atoms with van der Waals surface area (Å²) in [5.74, 6) is 2.05. The van der Waals surface area contributed by atoms with Gasteiger partial charge in [0.05, 0.1) is 21.3 Å². The van der Waals surface area contributed by atoms with Gasteiger partial charge in [-0.25, -0.2) is 0 Å². The van der Waals surface area contributed by atoms with Crippen molar-refractivity contribution in [1.82, 2.24) is 0 Å². The summed E-state index contributed by atoms with van der Waals surface area (Å²) in [6.45, 7) is 4.04. The molecular weight excluding hydrogens is 400 g/mol. The summed E-state index contributed by atoms with van der Waals surface area (Å²) in [4.78, 5) is 12.8. The monoisotopic (exact) mass is 428 g/mol.